The summed E-state index contributed by atoms with van der Waals surface area (Å²) in [6.07, 6.45) is 12.2. The molecule has 44 heavy (non-hydrogen) atoms. The predicted molar refractivity (Wildman–Crippen MR) is 176 cm³/mol. The Balaban J connectivity index is 1.52. The summed E-state index contributed by atoms with van der Waals surface area (Å²) in [5.74, 6) is -0.464. The average molecular weight is 618 g/mol. The second-order valence-electron chi connectivity index (χ2n) is 13.2. The van der Waals surface area contributed by atoms with E-state index in [2.05, 4.69) is 57.1 Å². The van der Waals surface area contributed by atoms with E-state index >= 15 is 0 Å². The van der Waals surface area contributed by atoms with Crippen LogP contribution in [-0.2, 0) is 19.0 Å². The summed E-state index contributed by atoms with van der Waals surface area (Å²) < 4.78 is 18.4. The van der Waals surface area contributed by atoms with Crippen molar-refractivity contribution in [3.8, 4) is 0 Å². The largest absolute Gasteiger partial charge is 0.390 e. The number of amides is 1. The summed E-state index contributed by atoms with van der Waals surface area (Å²) in [5.41, 5.74) is 16.2. The molecule has 2 aliphatic carbocycles. The van der Waals surface area contributed by atoms with Crippen LogP contribution < -0.4 is 16.8 Å². The van der Waals surface area contributed by atoms with Crippen molar-refractivity contribution >= 4 is 12.1 Å². The molecule has 6 unspecified atom stereocenters. The van der Waals surface area contributed by atoms with Crippen LogP contribution >= 0.6 is 0 Å². The van der Waals surface area contributed by atoms with Crippen LogP contribution in [0, 0.1) is 5.92 Å². The van der Waals surface area contributed by atoms with Crippen molar-refractivity contribution in [1.29, 1.82) is 0 Å². The van der Waals surface area contributed by atoms with Gasteiger partial charge in [-0.25, -0.2) is 0 Å². The zero-order valence-electron chi connectivity index (χ0n) is 28.1. The number of aliphatic hydroxyl groups excluding tert-OH is 1. The van der Waals surface area contributed by atoms with E-state index in [4.69, 9.17) is 25.7 Å². The van der Waals surface area contributed by atoms with Crippen molar-refractivity contribution in [3.05, 3.63) is 34.9 Å². The molecule has 1 heterocycles. The number of aliphatic imine (C=N–C) groups is 1. The van der Waals surface area contributed by atoms with E-state index < -0.39 is 30.1 Å². The van der Waals surface area contributed by atoms with Gasteiger partial charge in [0.2, 0.25) is 5.91 Å². The molecule has 1 amide bonds. The third-order valence-corrected chi connectivity index (χ3v) is 9.39. The maximum Gasteiger partial charge on any atom is 0.244 e. The van der Waals surface area contributed by atoms with Crippen LogP contribution in [0.1, 0.15) is 79.6 Å². The monoisotopic (exact) mass is 617 g/mol. The molecule has 0 aromatic carbocycles. The zero-order valence-corrected chi connectivity index (χ0v) is 28.1. The van der Waals surface area contributed by atoms with Crippen LogP contribution in [0.15, 0.2) is 39.9 Å². The first-order valence-electron chi connectivity index (χ1n) is 16.4. The fraction of sp³-hybridized carbons (Fsp3) is 0.765. The molecule has 1 saturated heterocycles. The molecular weight excluding hydrogens is 558 g/mol. The van der Waals surface area contributed by atoms with Crippen molar-refractivity contribution in [2.75, 3.05) is 33.8 Å². The van der Waals surface area contributed by atoms with Crippen LogP contribution in [0.4, 0.5) is 0 Å². The van der Waals surface area contributed by atoms with E-state index in [0.717, 1.165) is 51.6 Å². The summed E-state index contributed by atoms with van der Waals surface area (Å²) in [6.45, 7) is 12.2. The van der Waals surface area contributed by atoms with Crippen molar-refractivity contribution in [3.63, 3.8) is 0 Å². The summed E-state index contributed by atoms with van der Waals surface area (Å²) >= 11 is 0. The Bertz CT molecular complexity index is 1050. The van der Waals surface area contributed by atoms with Crippen LogP contribution in [0.5, 0.6) is 0 Å². The number of allylic oxidation sites excluding steroid dienone is 6. The van der Waals surface area contributed by atoms with Gasteiger partial charge in [0.15, 0.2) is 6.29 Å². The molecule has 6 N–H and O–H groups in total. The van der Waals surface area contributed by atoms with Crippen LogP contribution in [0.25, 0.3) is 0 Å². The summed E-state index contributed by atoms with van der Waals surface area (Å²) in [4.78, 5) is 19.2. The number of ether oxygens (including phenoxy) is 3. The number of hydrogen-bond acceptors (Lipinski definition) is 9. The molecule has 3 fully saturated rings. The lowest BCUT2D eigenvalue weighted by molar-refractivity contribution is -0.248. The minimum Gasteiger partial charge on any atom is -0.390 e. The highest BCUT2D eigenvalue weighted by atomic mass is 16.7. The van der Waals surface area contributed by atoms with Gasteiger partial charge in [0.25, 0.3) is 0 Å². The Morgan fingerprint density at radius 1 is 1.11 bits per heavy atom. The molecule has 0 radical (unpaired) electrons. The number of nitrogens with two attached hydrogens (primary N) is 2. The average Bonchev–Trinajstić information content (AvgIpc) is 3.65. The second kappa shape index (κ2) is 17.1. The van der Waals surface area contributed by atoms with Crippen molar-refractivity contribution < 1.29 is 24.1 Å². The lowest BCUT2D eigenvalue weighted by Crippen LogP contribution is -2.58. The Hall–Kier alpha value is -1.92. The Morgan fingerprint density at radius 2 is 1.82 bits per heavy atom. The quantitative estimate of drug-likeness (QED) is 0.153. The van der Waals surface area contributed by atoms with Crippen molar-refractivity contribution in [1.82, 2.24) is 10.2 Å². The lowest BCUT2D eigenvalue weighted by Gasteiger charge is -2.41. The number of fused-ring (bicyclic) bond motifs is 1. The molecule has 3 rings (SSSR count). The van der Waals surface area contributed by atoms with Gasteiger partial charge in [-0.15, -0.1) is 0 Å². The van der Waals surface area contributed by atoms with E-state index in [1.807, 2.05) is 6.08 Å². The molecule has 10 heteroatoms. The Morgan fingerprint density at radius 3 is 2.50 bits per heavy atom. The van der Waals surface area contributed by atoms with Gasteiger partial charge in [0, 0.05) is 38.9 Å². The van der Waals surface area contributed by atoms with Gasteiger partial charge in [0.1, 0.15) is 12.6 Å². The molecule has 10 nitrogen and oxygen atoms in total. The minimum absolute atomic E-state index is 0.00459. The molecule has 1 aliphatic heterocycles. The van der Waals surface area contributed by atoms with Crippen molar-refractivity contribution in [2.45, 2.75) is 128 Å². The Kier molecular flexibility index (Phi) is 14.2. The van der Waals surface area contributed by atoms with E-state index in [-0.39, 0.29) is 36.6 Å². The molecule has 9 atom stereocenters. The zero-order chi connectivity index (χ0) is 32.4. The number of carbonyl (C=O) groups is 1. The van der Waals surface area contributed by atoms with Gasteiger partial charge in [-0.3, -0.25) is 9.79 Å². The standard InChI is InChI=1S/C34H59N5O5/c1-8-37-20-25-15-16-26(35)33(43-25)44-31-27(36)19-34(42-7)29(30(31)41)32(34)39(6)28(40)21-38-18-17-24(5)14-10-13-23(4)12-9-11-22(2)3/h11,13,17-18,25-27,29-33,37,41H,8-10,12,14-16,19-21,35-36H2,1-7H3/b23-13+,24-17+,38-18?/t25?,26?,27?,29?,30?,31-,32?,33+,34-/m0/s1. The second-order valence-corrected chi connectivity index (χ2v) is 13.2. The van der Waals surface area contributed by atoms with Gasteiger partial charge in [-0.1, -0.05) is 35.8 Å². The molecule has 0 bridgehead atoms. The summed E-state index contributed by atoms with van der Waals surface area (Å²) in [5, 5.41) is 14.7. The number of aliphatic hydroxyl groups is 1. The van der Waals surface area contributed by atoms with E-state index in [1.165, 1.54) is 16.7 Å². The minimum atomic E-state index is -0.928. The topological polar surface area (TPSA) is 145 Å². The fourth-order valence-corrected chi connectivity index (χ4v) is 6.70. The summed E-state index contributed by atoms with van der Waals surface area (Å²) in [7, 11) is 3.36. The first-order chi connectivity index (χ1) is 20.9. The van der Waals surface area contributed by atoms with Crippen LogP contribution in [0.3, 0.4) is 0 Å². The highest BCUT2D eigenvalue weighted by Gasteiger charge is 2.75. The maximum absolute atomic E-state index is 13.1. The first kappa shape index (κ1) is 36.5. The molecular formula is C34H59N5O5. The van der Waals surface area contributed by atoms with Gasteiger partial charge in [-0.05, 0) is 85.3 Å². The normalized spacial score (nSPS) is 34.1. The Labute approximate surface area is 265 Å². The molecule has 0 aromatic heterocycles. The third kappa shape index (κ3) is 9.55. The van der Waals surface area contributed by atoms with Crippen LogP contribution in [0.2, 0.25) is 0 Å². The molecule has 3 aliphatic rings. The van der Waals surface area contributed by atoms with E-state index in [0.29, 0.717) is 6.42 Å². The summed E-state index contributed by atoms with van der Waals surface area (Å²) in [6, 6.07) is -1.12. The highest BCUT2D eigenvalue weighted by molar-refractivity contribution is 5.82. The SMILES string of the molecule is CCNCC1CCC(N)[C@@H](O[C@H]2C(N)C[C@]3(OC)C(C2O)C3N(C)C(=O)CN=C/C=C(\C)CC/C=C(\C)CCC=C(C)C)O1. The van der Waals surface area contributed by atoms with Gasteiger partial charge < -0.3 is 41.0 Å². The lowest BCUT2D eigenvalue weighted by atomic mass is 9.88. The maximum atomic E-state index is 13.1. The van der Waals surface area contributed by atoms with Crippen LogP contribution in [-0.4, -0.2) is 104 Å². The number of carbonyl (C=O) groups excluding carboxylic acids is 1. The van der Waals surface area contributed by atoms with Gasteiger partial charge >= 0.3 is 0 Å². The number of nitrogens with one attached hydrogen (secondary N) is 1. The molecule has 0 aromatic rings. The number of likely N-dealkylation sites (N-methyl/N-ethyl adjacent to an activating group) is 2. The predicted octanol–water partition coefficient (Wildman–Crippen LogP) is 3.24. The van der Waals surface area contributed by atoms with Gasteiger partial charge in [0.05, 0.1) is 29.9 Å². The van der Waals surface area contributed by atoms with E-state index in [9.17, 15) is 9.90 Å². The smallest absolute Gasteiger partial charge is 0.244 e. The van der Waals surface area contributed by atoms with E-state index in [1.54, 1.807) is 25.3 Å². The molecule has 0 spiro atoms. The molecule has 2 saturated carbocycles. The highest BCUT2D eigenvalue weighted by Crippen LogP contribution is 2.58. The first-order valence-corrected chi connectivity index (χ1v) is 16.4. The number of rotatable bonds is 16. The fourth-order valence-electron chi connectivity index (χ4n) is 6.70. The number of methoxy groups -OCH3 is 1. The number of hydrogen-bond donors (Lipinski definition) is 4. The van der Waals surface area contributed by atoms with Crippen molar-refractivity contribution in [2.24, 2.45) is 22.4 Å². The number of nitrogens with zero attached hydrogens (tertiary/aromatic N) is 2. The molecule has 250 valence electrons. The van der Waals surface area contributed by atoms with Gasteiger partial charge in [-0.2, -0.15) is 0 Å². The third-order valence-electron chi connectivity index (χ3n) is 9.39.